The summed E-state index contributed by atoms with van der Waals surface area (Å²) in [4.78, 5) is 0. The highest BCUT2D eigenvalue weighted by molar-refractivity contribution is 6.23. The molecule has 8 aromatic carbocycles. The fourth-order valence-electron chi connectivity index (χ4n) is 7.33. The molecule has 0 fully saturated rings. The smallest absolute Gasteiger partial charge is 0.208 e. The minimum Gasteiger partial charge on any atom is -0.504 e. The monoisotopic (exact) mass is 666 g/mol. The Morgan fingerprint density at radius 1 is 0.412 bits per heavy atom. The Labute approximate surface area is 294 Å². The molecule has 0 saturated carbocycles. The molecule has 0 atom stereocenters. The van der Waals surface area contributed by atoms with Gasteiger partial charge in [-0.05, 0) is 103 Å². The number of benzene rings is 8. The first-order chi connectivity index (χ1) is 24.8. The Balaban J connectivity index is 1.33. The summed E-state index contributed by atoms with van der Waals surface area (Å²) in [5, 5.41) is 58.4. The number of rotatable bonds is 5. The van der Waals surface area contributed by atoms with Crippen LogP contribution >= 0.6 is 0 Å². The zero-order chi connectivity index (χ0) is 35.4. The lowest BCUT2D eigenvalue weighted by atomic mass is 9.84. The summed E-state index contributed by atoms with van der Waals surface area (Å²) >= 11 is 0. The predicted octanol–water partition coefficient (Wildman–Crippen LogP) is 11.7. The van der Waals surface area contributed by atoms with E-state index >= 15 is 0 Å². The zero-order valence-corrected chi connectivity index (χ0v) is 28.0. The Morgan fingerprint density at radius 2 is 0.941 bits per heavy atom. The number of hydrogen-bond acceptors (Lipinski definition) is 5. The molecule has 0 saturated heterocycles. The molecule has 0 bridgehead atoms. The lowest BCUT2D eigenvalue weighted by Crippen LogP contribution is -1.92. The standard InChI is InChI=1S/C46H34O5/c1-3-9-30-24-31(17-16-26(30)2)27-18-20-29(21-19-27)33-15-8-10-28-22-23-32(25-38(28)33)39-34-11-4-6-13-36(34)40(37-14-7-5-12-35(37)39)41-42(47)44(49)46(51)45(50)43(41)48/h3-25,47-51H,1-2H3/b9-3-. The molecule has 0 amide bonds. The quantitative estimate of drug-likeness (QED) is 0.0715. The Kier molecular flexibility index (Phi) is 7.61. The summed E-state index contributed by atoms with van der Waals surface area (Å²) in [7, 11) is 0. The molecule has 8 rings (SSSR count). The molecule has 51 heavy (non-hydrogen) atoms. The van der Waals surface area contributed by atoms with E-state index in [0.717, 1.165) is 49.4 Å². The van der Waals surface area contributed by atoms with Crippen molar-refractivity contribution in [1.82, 2.24) is 0 Å². The highest BCUT2D eigenvalue weighted by Gasteiger charge is 2.28. The van der Waals surface area contributed by atoms with E-state index in [1.807, 2.05) is 55.5 Å². The van der Waals surface area contributed by atoms with Gasteiger partial charge in [-0.15, -0.1) is 0 Å². The van der Waals surface area contributed by atoms with Crippen molar-refractivity contribution in [2.75, 3.05) is 0 Å². The maximum absolute atomic E-state index is 11.0. The summed E-state index contributed by atoms with van der Waals surface area (Å²) in [6, 6.07) is 43.3. The third kappa shape index (κ3) is 5.10. The molecule has 0 aliphatic heterocycles. The van der Waals surface area contributed by atoms with Crippen LogP contribution in [0.3, 0.4) is 0 Å². The van der Waals surface area contributed by atoms with Gasteiger partial charge in [0.2, 0.25) is 17.2 Å². The fraction of sp³-hybridized carbons (Fsp3) is 0.0435. The van der Waals surface area contributed by atoms with Gasteiger partial charge in [0, 0.05) is 5.56 Å². The van der Waals surface area contributed by atoms with Crippen LogP contribution in [0.5, 0.6) is 28.7 Å². The molecule has 0 aliphatic carbocycles. The lowest BCUT2D eigenvalue weighted by molar-refractivity contribution is 0.330. The molecule has 0 heterocycles. The van der Waals surface area contributed by atoms with E-state index in [4.69, 9.17) is 0 Å². The molecule has 0 spiro atoms. The number of allylic oxidation sites excluding steroid dienone is 1. The van der Waals surface area contributed by atoms with Crippen molar-refractivity contribution in [3.05, 3.63) is 145 Å². The molecule has 0 aromatic heterocycles. The number of fused-ring (bicyclic) bond motifs is 3. The van der Waals surface area contributed by atoms with Gasteiger partial charge >= 0.3 is 0 Å². The molecular weight excluding hydrogens is 633 g/mol. The van der Waals surface area contributed by atoms with Gasteiger partial charge in [0.15, 0.2) is 11.5 Å². The van der Waals surface area contributed by atoms with Crippen molar-refractivity contribution in [2.45, 2.75) is 13.8 Å². The molecule has 248 valence electrons. The average molecular weight is 667 g/mol. The van der Waals surface area contributed by atoms with Crippen molar-refractivity contribution in [3.8, 4) is 73.3 Å². The van der Waals surface area contributed by atoms with Crippen LogP contribution in [-0.2, 0) is 0 Å². The molecule has 5 nitrogen and oxygen atoms in total. The molecule has 5 heteroatoms. The highest BCUT2D eigenvalue weighted by Crippen LogP contribution is 2.57. The second kappa shape index (κ2) is 12.3. The van der Waals surface area contributed by atoms with Gasteiger partial charge in [-0.1, -0.05) is 127 Å². The third-order valence-corrected chi connectivity index (χ3v) is 9.88. The Morgan fingerprint density at radius 3 is 1.55 bits per heavy atom. The van der Waals surface area contributed by atoms with E-state index in [2.05, 4.69) is 97.9 Å². The van der Waals surface area contributed by atoms with Crippen LogP contribution in [0.1, 0.15) is 18.1 Å². The van der Waals surface area contributed by atoms with Crippen molar-refractivity contribution >= 4 is 38.4 Å². The molecule has 0 aliphatic rings. The van der Waals surface area contributed by atoms with Crippen molar-refractivity contribution in [2.24, 2.45) is 0 Å². The van der Waals surface area contributed by atoms with E-state index < -0.39 is 28.7 Å². The van der Waals surface area contributed by atoms with Gasteiger partial charge in [0.25, 0.3) is 0 Å². The maximum Gasteiger partial charge on any atom is 0.208 e. The first-order valence-electron chi connectivity index (χ1n) is 16.8. The number of hydrogen-bond donors (Lipinski definition) is 5. The van der Waals surface area contributed by atoms with Crippen molar-refractivity contribution in [3.63, 3.8) is 0 Å². The zero-order valence-electron chi connectivity index (χ0n) is 28.0. The number of phenolic OH excluding ortho intramolecular Hbond substituents is 5. The van der Waals surface area contributed by atoms with Crippen molar-refractivity contribution in [1.29, 1.82) is 0 Å². The summed E-state index contributed by atoms with van der Waals surface area (Å²) in [5.74, 6) is -4.27. The third-order valence-electron chi connectivity index (χ3n) is 9.88. The van der Waals surface area contributed by atoms with Gasteiger partial charge in [-0.2, -0.15) is 0 Å². The summed E-state index contributed by atoms with van der Waals surface area (Å²) < 4.78 is 0. The minimum atomic E-state index is -0.991. The van der Waals surface area contributed by atoms with Crippen LogP contribution in [0.25, 0.3) is 82.9 Å². The molecular formula is C46H34O5. The van der Waals surface area contributed by atoms with E-state index in [0.29, 0.717) is 16.3 Å². The van der Waals surface area contributed by atoms with E-state index in [-0.39, 0.29) is 5.56 Å². The summed E-state index contributed by atoms with van der Waals surface area (Å²) in [6.07, 6.45) is 4.20. The van der Waals surface area contributed by atoms with Gasteiger partial charge in [0.05, 0.1) is 5.56 Å². The average Bonchev–Trinajstić information content (AvgIpc) is 3.16. The van der Waals surface area contributed by atoms with Gasteiger partial charge in [0.1, 0.15) is 0 Å². The normalized spacial score (nSPS) is 11.6. The van der Waals surface area contributed by atoms with Crippen LogP contribution in [0.15, 0.2) is 133 Å². The largest absolute Gasteiger partial charge is 0.504 e. The number of aromatic hydroxyl groups is 5. The second-order valence-electron chi connectivity index (χ2n) is 12.8. The number of aryl methyl sites for hydroxylation is 1. The molecule has 5 N–H and O–H groups in total. The molecule has 8 aromatic rings. The van der Waals surface area contributed by atoms with E-state index in [1.165, 1.54) is 16.7 Å². The van der Waals surface area contributed by atoms with E-state index in [1.54, 1.807) is 0 Å². The fourth-order valence-corrected chi connectivity index (χ4v) is 7.33. The van der Waals surface area contributed by atoms with E-state index in [9.17, 15) is 25.5 Å². The van der Waals surface area contributed by atoms with Crippen LogP contribution in [0, 0.1) is 6.92 Å². The van der Waals surface area contributed by atoms with Gasteiger partial charge in [-0.3, -0.25) is 0 Å². The highest BCUT2D eigenvalue weighted by atomic mass is 16.4. The predicted molar refractivity (Wildman–Crippen MR) is 208 cm³/mol. The lowest BCUT2D eigenvalue weighted by Gasteiger charge is -2.20. The molecule has 0 unspecified atom stereocenters. The SMILES string of the molecule is C/C=C\c1cc(-c2ccc(-c3cccc4ccc(-c5c6ccccc6c(-c6c(O)c(O)c(O)c(O)c6O)c6ccccc56)cc34)cc2)ccc1C. The van der Waals surface area contributed by atoms with Crippen LogP contribution in [0.2, 0.25) is 0 Å². The Bertz CT molecular complexity index is 2620. The van der Waals surface area contributed by atoms with Crippen molar-refractivity contribution < 1.29 is 25.5 Å². The summed E-state index contributed by atoms with van der Waals surface area (Å²) in [5.41, 5.74) is 9.16. The number of phenols is 5. The first kappa shape index (κ1) is 31.5. The first-order valence-corrected chi connectivity index (χ1v) is 16.8. The minimum absolute atomic E-state index is 0.172. The topological polar surface area (TPSA) is 101 Å². The van der Waals surface area contributed by atoms with Gasteiger partial charge in [-0.25, -0.2) is 0 Å². The van der Waals surface area contributed by atoms with Crippen LogP contribution in [0.4, 0.5) is 0 Å². The van der Waals surface area contributed by atoms with Crippen LogP contribution in [-0.4, -0.2) is 25.5 Å². The second-order valence-corrected chi connectivity index (χ2v) is 12.8. The maximum atomic E-state index is 11.0. The Hall–Kier alpha value is -6.72. The van der Waals surface area contributed by atoms with Gasteiger partial charge < -0.3 is 25.5 Å². The van der Waals surface area contributed by atoms with Crippen LogP contribution < -0.4 is 0 Å². The summed E-state index contributed by atoms with van der Waals surface area (Å²) in [6.45, 7) is 4.16. The molecule has 0 radical (unpaired) electrons.